The lowest BCUT2D eigenvalue weighted by Crippen LogP contribution is -2.22. The third-order valence-electron chi connectivity index (χ3n) is 2.55. The summed E-state index contributed by atoms with van der Waals surface area (Å²) in [5, 5.41) is 0.731. The summed E-state index contributed by atoms with van der Waals surface area (Å²) >= 11 is 1.60. The van der Waals surface area contributed by atoms with E-state index in [0.29, 0.717) is 6.54 Å². The molecule has 3 nitrogen and oxygen atoms in total. The molecule has 4 heteroatoms. The fraction of sp³-hybridized carbons (Fsp3) is 0.333. The van der Waals surface area contributed by atoms with Gasteiger partial charge in [-0.3, -0.25) is 9.36 Å². The molecule has 0 radical (unpaired) electrons. The van der Waals surface area contributed by atoms with Gasteiger partial charge in [-0.2, -0.15) is 0 Å². The second-order valence-electron chi connectivity index (χ2n) is 3.65. The van der Waals surface area contributed by atoms with Crippen LogP contribution in [0.3, 0.4) is 0 Å². The van der Waals surface area contributed by atoms with E-state index in [1.165, 1.54) is 4.88 Å². The predicted molar refractivity (Wildman–Crippen MR) is 68.2 cm³/mol. The number of nitrogens with zero attached hydrogens (tertiary/aromatic N) is 2. The molecule has 0 bridgehead atoms. The third-order valence-corrected chi connectivity index (χ3v) is 3.73. The number of rotatable bonds is 3. The van der Waals surface area contributed by atoms with E-state index in [0.717, 1.165) is 22.5 Å². The summed E-state index contributed by atoms with van der Waals surface area (Å²) in [6.45, 7) is 8.11. The van der Waals surface area contributed by atoms with Crippen molar-refractivity contribution in [1.82, 2.24) is 9.55 Å². The summed E-state index contributed by atoms with van der Waals surface area (Å²) in [6, 6.07) is 1.95. The van der Waals surface area contributed by atoms with E-state index in [-0.39, 0.29) is 5.56 Å². The van der Waals surface area contributed by atoms with Gasteiger partial charge in [-0.15, -0.1) is 17.9 Å². The first-order valence-corrected chi connectivity index (χ1v) is 6.09. The Hall–Kier alpha value is -1.42. The Bertz CT molecular complexity index is 595. The van der Waals surface area contributed by atoms with Crippen LogP contribution in [0, 0.1) is 6.92 Å². The van der Waals surface area contributed by atoms with Crippen LogP contribution < -0.4 is 5.56 Å². The van der Waals surface area contributed by atoms with Gasteiger partial charge in [-0.05, 0) is 19.4 Å². The van der Waals surface area contributed by atoms with E-state index >= 15 is 0 Å². The number of aromatic nitrogens is 2. The average Bonchev–Trinajstić information content (AvgIpc) is 2.67. The number of fused-ring (bicyclic) bond motifs is 1. The zero-order chi connectivity index (χ0) is 11.7. The van der Waals surface area contributed by atoms with Crippen LogP contribution in [0.4, 0.5) is 0 Å². The highest BCUT2D eigenvalue weighted by Gasteiger charge is 2.10. The Morgan fingerprint density at radius 2 is 2.38 bits per heavy atom. The van der Waals surface area contributed by atoms with E-state index in [2.05, 4.69) is 18.5 Å². The number of thiophene rings is 1. The lowest BCUT2D eigenvalue weighted by molar-refractivity contribution is 0.730. The van der Waals surface area contributed by atoms with E-state index in [1.54, 1.807) is 22.0 Å². The zero-order valence-corrected chi connectivity index (χ0v) is 10.3. The van der Waals surface area contributed by atoms with Gasteiger partial charge >= 0.3 is 0 Å². The predicted octanol–water partition coefficient (Wildman–Crippen LogP) is 2.51. The number of aryl methyl sites for hydroxylation is 2. The largest absolute Gasteiger partial charge is 0.292 e. The highest BCUT2D eigenvalue weighted by atomic mass is 32.1. The first-order valence-electron chi connectivity index (χ1n) is 5.28. The van der Waals surface area contributed by atoms with Gasteiger partial charge in [-0.25, -0.2) is 4.98 Å². The number of hydrogen-bond acceptors (Lipinski definition) is 3. The Morgan fingerprint density at radius 3 is 3.00 bits per heavy atom. The van der Waals surface area contributed by atoms with Crippen LogP contribution in [0.2, 0.25) is 0 Å². The van der Waals surface area contributed by atoms with Gasteiger partial charge in [0.1, 0.15) is 10.7 Å². The van der Waals surface area contributed by atoms with Crippen molar-refractivity contribution in [3.63, 3.8) is 0 Å². The van der Waals surface area contributed by atoms with Crippen molar-refractivity contribution in [3.05, 3.63) is 39.8 Å². The summed E-state index contributed by atoms with van der Waals surface area (Å²) in [5.41, 5.74) is 0.0401. The maximum atomic E-state index is 12.2. The SMILES string of the molecule is C=CCn1c(C)nc2sc(CC)cc2c1=O. The standard InChI is InChI=1S/C12H14N2OS/c1-4-6-14-8(3)13-11-10(12(14)15)7-9(5-2)16-11/h4,7H,1,5-6H2,2-3H3. The van der Waals surface area contributed by atoms with Gasteiger partial charge in [0.25, 0.3) is 5.56 Å². The van der Waals surface area contributed by atoms with Crippen molar-refractivity contribution in [2.75, 3.05) is 0 Å². The van der Waals surface area contributed by atoms with E-state index in [4.69, 9.17) is 0 Å². The second-order valence-corrected chi connectivity index (χ2v) is 4.76. The Labute approximate surface area is 98.1 Å². The van der Waals surface area contributed by atoms with Crippen LogP contribution in [0.5, 0.6) is 0 Å². The molecule has 0 aliphatic carbocycles. The van der Waals surface area contributed by atoms with Crippen molar-refractivity contribution in [2.24, 2.45) is 0 Å². The second kappa shape index (κ2) is 4.22. The smallest absolute Gasteiger partial charge is 0.262 e. The molecule has 16 heavy (non-hydrogen) atoms. The molecule has 84 valence electrons. The Kier molecular flexibility index (Phi) is 2.92. The van der Waals surface area contributed by atoms with Crippen molar-refractivity contribution < 1.29 is 0 Å². The molecule has 0 amide bonds. The Balaban J connectivity index is 2.76. The molecule has 0 spiro atoms. The molecule has 0 N–H and O–H groups in total. The summed E-state index contributed by atoms with van der Waals surface area (Å²) in [6.07, 6.45) is 2.66. The molecule has 2 aromatic heterocycles. The molecule has 0 fully saturated rings. The normalized spacial score (nSPS) is 10.9. The maximum absolute atomic E-state index is 12.2. The molecule has 0 unspecified atom stereocenters. The first-order chi connectivity index (χ1) is 7.67. The van der Waals surface area contributed by atoms with Crippen LogP contribution in [-0.2, 0) is 13.0 Å². The molecule has 0 aromatic carbocycles. The van der Waals surface area contributed by atoms with Gasteiger partial charge in [0, 0.05) is 11.4 Å². The van der Waals surface area contributed by atoms with Gasteiger partial charge < -0.3 is 0 Å². The summed E-state index contributed by atoms with van der Waals surface area (Å²) in [4.78, 5) is 18.7. The molecule has 2 rings (SSSR count). The minimum atomic E-state index is 0.0401. The molecule has 0 aliphatic heterocycles. The van der Waals surface area contributed by atoms with Crippen LogP contribution in [0.15, 0.2) is 23.5 Å². The maximum Gasteiger partial charge on any atom is 0.262 e. The molecule has 0 saturated heterocycles. The minimum absolute atomic E-state index is 0.0401. The van der Waals surface area contributed by atoms with Crippen LogP contribution >= 0.6 is 11.3 Å². The summed E-state index contributed by atoms with van der Waals surface area (Å²) in [7, 11) is 0. The van der Waals surface area contributed by atoms with E-state index in [9.17, 15) is 4.79 Å². The molecule has 0 saturated carbocycles. The van der Waals surface area contributed by atoms with Crippen LogP contribution in [-0.4, -0.2) is 9.55 Å². The molecular weight excluding hydrogens is 220 g/mol. The number of hydrogen-bond donors (Lipinski definition) is 0. The quantitative estimate of drug-likeness (QED) is 0.765. The number of allylic oxidation sites excluding steroid dienone is 1. The zero-order valence-electron chi connectivity index (χ0n) is 9.49. The molecule has 2 aromatic rings. The molecule has 0 atom stereocenters. The van der Waals surface area contributed by atoms with Crippen molar-refractivity contribution in [2.45, 2.75) is 26.8 Å². The highest BCUT2D eigenvalue weighted by molar-refractivity contribution is 7.18. The van der Waals surface area contributed by atoms with E-state index in [1.807, 2.05) is 13.0 Å². The molecule has 0 aliphatic rings. The molecule has 2 heterocycles. The Morgan fingerprint density at radius 1 is 1.62 bits per heavy atom. The lowest BCUT2D eigenvalue weighted by Gasteiger charge is -2.05. The highest BCUT2D eigenvalue weighted by Crippen LogP contribution is 2.21. The topological polar surface area (TPSA) is 34.9 Å². The van der Waals surface area contributed by atoms with Gasteiger partial charge in [-0.1, -0.05) is 13.0 Å². The first kappa shape index (κ1) is 11.1. The average molecular weight is 234 g/mol. The molecular formula is C12H14N2OS. The lowest BCUT2D eigenvalue weighted by atomic mass is 10.3. The van der Waals surface area contributed by atoms with Crippen LogP contribution in [0.1, 0.15) is 17.6 Å². The van der Waals surface area contributed by atoms with Crippen LogP contribution in [0.25, 0.3) is 10.2 Å². The summed E-state index contributed by atoms with van der Waals surface area (Å²) < 4.78 is 1.65. The van der Waals surface area contributed by atoms with Gasteiger partial charge in [0.05, 0.1) is 5.39 Å². The van der Waals surface area contributed by atoms with Crippen molar-refractivity contribution >= 4 is 21.6 Å². The van der Waals surface area contributed by atoms with Crippen molar-refractivity contribution in [1.29, 1.82) is 0 Å². The summed E-state index contributed by atoms with van der Waals surface area (Å²) in [5.74, 6) is 0.752. The third kappa shape index (κ3) is 1.69. The van der Waals surface area contributed by atoms with Crippen molar-refractivity contribution in [3.8, 4) is 0 Å². The minimum Gasteiger partial charge on any atom is -0.292 e. The van der Waals surface area contributed by atoms with Gasteiger partial charge in [0.15, 0.2) is 0 Å². The fourth-order valence-corrected chi connectivity index (χ4v) is 2.69. The fourth-order valence-electron chi connectivity index (χ4n) is 1.69. The van der Waals surface area contributed by atoms with Gasteiger partial charge in [0.2, 0.25) is 0 Å². The van der Waals surface area contributed by atoms with E-state index < -0.39 is 0 Å². The monoisotopic (exact) mass is 234 g/mol.